The van der Waals surface area contributed by atoms with Gasteiger partial charge in [0.15, 0.2) is 0 Å². The van der Waals surface area contributed by atoms with Crippen molar-refractivity contribution in [2.24, 2.45) is 0 Å². The molecule has 0 amide bonds. The Balaban J connectivity index is 2.24. The maximum Gasteiger partial charge on any atom is 0.342 e. The van der Waals surface area contributed by atoms with Gasteiger partial charge in [0.2, 0.25) is 5.16 Å². The van der Waals surface area contributed by atoms with Crippen molar-refractivity contribution >= 4 is 23.8 Å². The maximum atomic E-state index is 11.2. The summed E-state index contributed by atoms with van der Waals surface area (Å²) in [5.41, 5.74) is 0.828. The number of hydrogen-bond acceptors (Lipinski definition) is 4. The molecular formula is C12H11N3O2S. The summed E-state index contributed by atoms with van der Waals surface area (Å²) in [7, 11) is 0. The van der Waals surface area contributed by atoms with Gasteiger partial charge in [0.05, 0.1) is 0 Å². The molecule has 0 radical (unpaired) electrons. The molecule has 0 aliphatic rings. The van der Waals surface area contributed by atoms with Crippen LogP contribution in [0, 0.1) is 6.92 Å². The highest BCUT2D eigenvalue weighted by molar-refractivity contribution is 8.04. The van der Waals surface area contributed by atoms with E-state index in [0.717, 1.165) is 17.3 Å². The zero-order chi connectivity index (χ0) is 13.0. The standard InChI is InChI=1S/C12H11N3O2S/c1-8-13-12(15-14-8)18-10(11(16)17)7-9-5-3-2-4-6-9/h2-7H,1H3,(H,16,17)(H,13,14,15)/b10-7+. The Hall–Kier alpha value is -2.08. The van der Waals surface area contributed by atoms with E-state index in [9.17, 15) is 4.79 Å². The number of thioether (sulfide) groups is 1. The summed E-state index contributed by atoms with van der Waals surface area (Å²) in [6, 6.07) is 9.27. The Morgan fingerprint density at radius 2 is 2.11 bits per heavy atom. The smallest absolute Gasteiger partial charge is 0.342 e. The van der Waals surface area contributed by atoms with Gasteiger partial charge in [-0.1, -0.05) is 30.3 Å². The first-order valence-corrected chi connectivity index (χ1v) is 6.03. The molecule has 0 saturated heterocycles. The van der Waals surface area contributed by atoms with Gasteiger partial charge in [0.1, 0.15) is 10.7 Å². The summed E-state index contributed by atoms with van der Waals surface area (Å²) in [6.45, 7) is 1.76. The minimum absolute atomic E-state index is 0.181. The van der Waals surface area contributed by atoms with Crippen LogP contribution in [0.1, 0.15) is 11.4 Å². The molecule has 1 heterocycles. The van der Waals surface area contributed by atoms with E-state index in [1.807, 2.05) is 30.3 Å². The first kappa shape index (κ1) is 12.4. The monoisotopic (exact) mass is 261 g/mol. The number of aryl methyl sites for hydroxylation is 1. The summed E-state index contributed by atoms with van der Waals surface area (Å²) in [6.07, 6.45) is 1.60. The minimum atomic E-state index is -0.994. The molecule has 2 aromatic rings. The molecule has 0 saturated carbocycles. The van der Waals surface area contributed by atoms with Crippen LogP contribution in [0.3, 0.4) is 0 Å². The largest absolute Gasteiger partial charge is 0.477 e. The van der Waals surface area contributed by atoms with Crippen molar-refractivity contribution in [2.45, 2.75) is 12.1 Å². The van der Waals surface area contributed by atoms with Crippen LogP contribution in [0.25, 0.3) is 6.08 Å². The van der Waals surface area contributed by atoms with E-state index in [1.165, 1.54) is 0 Å². The van der Waals surface area contributed by atoms with Crippen LogP contribution in [0.4, 0.5) is 0 Å². The van der Waals surface area contributed by atoms with Crippen molar-refractivity contribution in [3.63, 3.8) is 0 Å². The molecule has 0 spiro atoms. The lowest BCUT2D eigenvalue weighted by atomic mass is 10.2. The van der Waals surface area contributed by atoms with Gasteiger partial charge in [0, 0.05) is 0 Å². The van der Waals surface area contributed by atoms with E-state index >= 15 is 0 Å². The molecule has 0 bridgehead atoms. The summed E-state index contributed by atoms with van der Waals surface area (Å²) in [4.78, 5) is 15.4. The maximum absolute atomic E-state index is 11.2. The molecule has 0 aliphatic heterocycles. The molecular weight excluding hydrogens is 250 g/mol. The molecule has 2 N–H and O–H groups in total. The lowest BCUT2D eigenvalue weighted by molar-refractivity contribution is -0.131. The third-order valence-corrected chi connectivity index (χ3v) is 2.96. The van der Waals surface area contributed by atoms with E-state index in [4.69, 9.17) is 5.11 Å². The van der Waals surface area contributed by atoms with Crippen molar-refractivity contribution in [1.29, 1.82) is 0 Å². The van der Waals surface area contributed by atoms with Gasteiger partial charge in [-0.3, -0.25) is 5.10 Å². The van der Waals surface area contributed by atoms with Crippen LogP contribution in [0.2, 0.25) is 0 Å². The molecule has 18 heavy (non-hydrogen) atoms. The Bertz CT molecular complexity index is 578. The minimum Gasteiger partial charge on any atom is -0.477 e. The summed E-state index contributed by atoms with van der Waals surface area (Å²) >= 11 is 1.02. The van der Waals surface area contributed by atoms with Crippen molar-refractivity contribution in [2.75, 3.05) is 0 Å². The van der Waals surface area contributed by atoms with E-state index in [-0.39, 0.29) is 4.91 Å². The van der Waals surface area contributed by atoms with Crippen LogP contribution >= 0.6 is 11.8 Å². The number of aliphatic carboxylic acids is 1. The SMILES string of the molecule is Cc1nc(S/C(=C/c2ccccc2)C(=O)O)n[nH]1. The van der Waals surface area contributed by atoms with Gasteiger partial charge in [-0.15, -0.1) is 5.10 Å². The fourth-order valence-corrected chi connectivity index (χ4v) is 2.05. The number of carboxylic acids is 1. The van der Waals surface area contributed by atoms with Crippen LogP contribution in [-0.2, 0) is 4.79 Å². The third-order valence-electron chi connectivity index (χ3n) is 2.09. The highest BCUT2D eigenvalue weighted by Gasteiger charge is 2.12. The van der Waals surface area contributed by atoms with Gasteiger partial charge in [-0.2, -0.15) is 0 Å². The van der Waals surface area contributed by atoms with Crippen molar-refractivity contribution in [1.82, 2.24) is 15.2 Å². The van der Waals surface area contributed by atoms with E-state index in [1.54, 1.807) is 13.0 Å². The summed E-state index contributed by atoms with van der Waals surface area (Å²) in [5, 5.41) is 16.1. The number of H-pyrrole nitrogens is 1. The van der Waals surface area contributed by atoms with Gasteiger partial charge in [-0.25, -0.2) is 9.78 Å². The van der Waals surface area contributed by atoms with Crippen molar-refractivity contribution in [3.8, 4) is 0 Å². The molecule has 1 aromatic heterocycles. The van der Waals surface area contributed by atoms with Crippen molar-refractivity contribution in [3.05, 3.63) is 46.6 Å². The number of hydrogen-bond donors (Lipinski definition) is 2. The third kappa shape index (κ3) is 3.21. The van der Waals surface area contributed by atoms with Crippen LogP contribution in [0.15, 0.2) is 40.4 Å². The van der Waals surface area contributed by atoms with Gasteiger partial charge in [-0.05, 0) is 30.3 Å². The van der Waals surface area contributed by atoms with E-state index < -0.39 is 5.97 Å². The van der Waals surface area contributed by atoms with Gasteiger partial charge >= 0.3 is 5.97 Å². The molecule has 5 nitrogen and oxygen atoms in total. The average Bonchev–Trinajstić information content (AvgIpc) is 2.75. The van der Waals surface area contributed by atoms with Crippen LogP contribution in [-0.4, -0.2) is 26.3 Å². The number of aromatic amines is 1. The fourth-order valence-electron chi connectivity index (χ4n) is 1.30. The molecule has 2 rings (SSSR count). The first-order valence-electron chi connectivity index (χ1n) is 5.22. The van der Waals surface area contributed by atoms with E-state index in [0.29, 0.717) is 11.0 Å². The second-order valence-electron chi connectivity index (χ2n) is 3.53. The van der Waals surface area contributed by atoms with Crippen LogP contribution < -0.4 is 0 Å². The number of benzene rings is 1. The number of rotatable bonds is 4. The molecule has 0 fully saturated rings. The number of nitrogens with one attached hydrogen (secondary N) is 1. The molecule has 0 unspecified atom stereocenters. The van der Waals surface area contributed by atoms with Gasteiger partial charge < -0.3 is 5.11 Å². The Kier molecular flexibility index (Phi) is 3.78. The topological polar surface area (TPSA) is 78.9 Å². The summed E-state index contributed by atoms with van der Waals surface area (Å²) in [5.74, 6) is -0.340. The zero-order valence-corrected chi connectivity index (χ0v) is 10.4. The Labute approximate surface area is 108 Å². The lowest BCUT2D eigenvalue weighted by Gasteiger charge is -1.98. The summed E-state index contributed by atoms with van der Waals surface area (Å²) < 4.78 is 0. The van der Waals surface area contributed by atoms with Crippen LogP contribution in [0.5, 0.6) is 0 Å². The molecule has 6 heteroatoms. The normalized spacial score (nSPS) is 11.5. The average molecular weight is 261 g/mol. The first-order chi connectivity index (χ1) is 8.65. The predicted octanol–water partition coefficient (Wildman–Crippen LogP) is 2.33. The number of carboxylic acid groups (broad SMARTS) is 1. The highest BCUT2D eigenvalue weighted by atomic mass is 32.2. The second-order valence-corrected chi connectivity index (χ2v) is 4.54. The zero-order valence-electron chi connectivity index (χ0n) is 9.62. The predicted molar refractivity (Wildman–Crippen MR) is 69.0 cm³/mol. The number of aromatic nitrogens is 3. The van der Waals surface area contributed by atoms with Gasteiger partial charge in [0.25, 0.3) is 0 Å². The second kappa shape index (κ2) is 5.50. The molecule has 0 atom stereocenters. The Morgan fingerprint density at radius 3 is 2.67 bits per heavy atom. The molecule has 0 aliphatic carbocycles. The molecule has 1 aromatic carbocycles. The quantitative estimate of drug-likeness (QED) is 0.652. The Morgan fingerprint density at radius 1 is 1.39 bits per heavy atom. The number of carbonyl (C=O) groups is 1. The van der Waals surface area contributed by atoms with Crippen molar-refractivity contribution < 1.29 is 9.90 Å². The highest BCUT2D eigenvalue weighted by Crippen LogP contribution is 2.25. The molecule has 92 valence electrons. The lowest BCUT2D eigenvalue weighted by Crippen LogP contribution is -1.97. The fraction of sp³-hybridized carbons (Fsp3) is 0.0833. The van der Waals surface area contributed by atoms with E-state index in [2.05, 4.69) is 15.2 Å². The number of nitrogens with zero attached hydrogens (tertiary/aromatic N) is 2.